The lowest BCUT2D eigenvalue weighted by molar-refractivity contribution is 0.0256. The molecule has 1 aromatic heterocycles. The summed E-state index contributed by atoms with van der Waals surface area (Å²) < 4.78 is 1.68. The third-order valence-electron chi connectivity index (χ3n) is 3.12. The molecule has 0 radical (unpaired) electrons. The fourth-order valence-electron chi connectivity index (χ4n) is 1.98. The van der Waals surface area contributed by atoms with Gasteiger partial charge in [0.1, 0.15) is 6.04 Å². The molecule has 19 heavy (non-hydrogen) atoms. The molecule has 0 aliphatic heterocycles. The van der Waals surface area contributed by atoms with E-state index < -0.39 is 6.10 Å². The van der Waals surface area contributed by atoms with Crippen LogP contribution in [0, 0.1) is 5.41 Å². The van der Waals surface area contributed by atoms with Gasteiger partial charge in [-0.1, -0.05) is 49.7 Å². The molecule has 2 rings (SSSR count). The standard InChI is InChI=1S/C14H18ClN3O/c1-14(2,3)13(19)12(18-9-8-16-17-18)10-4-6-11(15)7-5-10/h4-9,12-13,19H,1-3H3. The summed E-state index contributed by atoms with van der Waals surface area (Å²) in [6.07, 6.45) is 2.78. The van der Waals surface area contributed by atoms with Crippen molar-refractivity contribution < 1.29 is 5.11 Å². The molecule has 2 aromatic rings. The first kappa shape index (κ1) is 14.0. The molecule has 102 valence electrons. The van der Waals surface area contributed by atoms with E-state index in [1.54, 1.807) is 17.1 Å². The zero-order valence-electron chi connectivity index (χ0n) is 11.3. The number of hydrogen-bond donors (Lipinski definition) is 1. The molecule has 0 saturated carbocycles. The number of nitrogens with zero attached hydrogens (tertiary/aromatic N) is 3. The lowest BCUT2D eigenvalue weighted by atomic mass is 9.82. The van der Waals surface area contributed by atoms with Crippen LogP contribution < -0.4 is 0 Å². The van der Waals surface area contributed by atoms with Crippen LogP contribution in [0.2, 0.25) is 5.02 Å². The van der Waals surface area contributed by atoms with Crippen LogP contribution in [-0.4, -0.2) is 26.2 Å². The molecule has 2 unspecified atom stereocenters. The molecule has 1 heterocycles. The molecular formula is C14H18ClN3O. The van der Waals surface area contributed by atoms with Crippen molar-refractivity contribution in [3.8, 4) is 0 Å². The molecule has 4 nitrogen and oxygen atoms in total. The van der Waals surface area contributed by atoms with Gasteiger partial charge >= 0.3 is 0 Å². The molecule has 2 atom stereocenters. The van der Waals surface area contributed by atoms with Crippen molar-refractivity contribution in [3.05, 3.63) is 47.2 Å². The van der Waals surface area contributed by atoms with E-state index in [9.17, 15) is 5.11 Å². The van der Waals surface area contributed by atoms with Gasteiger partial charge in [-0.05, 0) is 23.1 Å². The van der Waals surface area contributed by atoms with Crippen molar-refractivity contribution in [1.29, 1.82) is 0 Å². The average molecular weight is 280 g/mol. The van der Waals surface area contributed by atoms with E-state index in [2.05, 4.69) is 10.3 Å². The van der Waals surface area contributed by atoms with E-state index >= 15 is 0 Å². The summed E-state index contributed by atoms with van der Waals surface area (Å²) in [5.41, 5.74) is 0.688. The largest absolute Gasteiger partial charge is 0.390 e. The van der Waals surface area contributed by atoms with Crippen LogP contribution in [0.1, 0.15) is 32.4 Å². The SMILES string of the molecule is CC(C)(C)C(O)C(c1ccc(Cl)cc1)n1ccnn1. The Morgan fingerprint density at radius 2 is 1.84 bits per heavy atom. The summed E-state index contributed by atoms with van der Waals surface area (Å²) in [5, 5.41) is 19.1. The zero-order chi connectivity index (χ0) is 14.0. The van der Waals surface area contributed by atoms with E-state index in [1.165, 1.54) is 0 Å². The molecular weight excluding hydrogens is 262 g/mol. The zero-order valence-corrected chi connectivity index (χ0v) is 12.0. The highest BCUT2D eigenvalue weighted by molar-refractivity contribution is 6.30. The van der Waals surface area contributed by atoms with Crippen molar-refractivity contribution in [2.24, 2.45) is 5.41 Å². The number of benzene rings is 1. The fraction of sp³-hybridized carbons (Fsp3) is 0.429. The van der Waals surface area contributed by atoms with Gasteiger partial charge in [-0.15, -0.1) is 5.10 Å². The number of aliphatic hydroxyl groups excluding tert-OH is 1. The van der Waals surface area contributed by atoms with Crippen molar-refractivity contribution in [2.75, 3.05) is 0 Å². The Kier molecular flexibility index (Phi) is 3.92. The smallest absolute Gasteiger partial charge is 0.105 e. The van der Waals surface area contributed by atoms with Gasteiger partial charge < -0.3 is 5.11 Å². The Balaban J connectivity index is 2.43. The molecule has 1 aromatic carbocycles. The Hall–Kier alpha value is -1.39. The number of halogens is 1. The molecule has 1 N–H and O–H groups in total. The van der Waals surface area contributed by atoms with Gasteiger partial charge in [0.25, 0.3) is 0 Å². The van der Waals surface area contributed by atoms with Gasteiger partial charge in [-0.2, -0.15) is 0 Å². The van der Waals surface area contributed by atoms with Crippen LogP contribution in [0.3, 0.4) is 0 Å². The first-order valence-electron chi connectivity index (χ1n) is 6.19. The third-order valence-corrected chi connectivity index (χ3v) is 3.38. The lowest BCUT2D eigenvalue weighted by Crippen LogP contribution is -2.36. The molecule has 0 spiro atoms. The normalized spacial score (nSPS) is 15.2. The fourth-order valence-corrected chi connectivity index (χ4v) is 2.10. The van der Waals surface area contributed by atoms with Gasteiger partial charge in [0.05, 0.1) is 12.3 Å². The quantitative estimate of drug-likeness (QED) is 0.940. The van der Waals surface area contributed by atoms with Gasteiger partial charge in [0, 0.05) is 11.2 Å². The number of rotatable bonds is 3. The summed E-state index contributed by atoms with van der Waals surface area (Å²) in [4.78, 5) is 0. The highest BCUT2D eigenvalue weighted by Crippen LogP contribution is 2.32. The van der Waals surface area contributed by atoms with Crippen molar-refractivity contribution in [1.82, 2.24) is 15.0 Å². The van der Waals surface area contributed by atoms with Gasteiger partial charge in [0.2, 0.25) is 0 Å². The molecule has 0 saturated heterocycles. The second-order valence-electron chi connectivity index (χ2n) is 5.69. The Labute approximate surface area is 118 Å². The molecule has 0 aliphatic rings. The number of aliphatic hydroxyl groups is 1. The predicted molar refractivity (Wildman–Crippen MR) is 75.1 cm³/mol. The molecule has 0 bridgehead atoms. The Bertz CT molecular complexity index is 517. The summed E-state index contributed by atoms with van der Waals surface area (Å²) in [7, 11) is 0. The van der Waals surface area contributed by atoms with Crippen molar-refractivity contribution >= 4 is 11.6 Å². The predicted octanol–water partition coefficient (Wildman–Crippen LogP) is 2.93. The minimum Gasteiger partial charge on any atom is -0.390 e. The average Bonchev–Trinajstić information content (AvgIpc) is 2.84. The monoisotopic (exact) mass is 279 g/mol. The second kappa shape index (κ2) is 5.31. The molecule has 5 heteroatoms. The van der Waals surface area contributed by atoms with E-state index in [1.807, 2.05) is 45.0 Å². The Morgan fingerprint density at radius 3 is 2.32 bits per heavy atom. The van der Waals surface area contributed by atoms with Crippen LogP contribution >= 0.6 is 11.6 Å². The summed E-state index contributed by atoms with van der Waals surface area (Å²) >= 11 is 5.91. The third kappa shape index (κ3) is 3.14. The van der Waals surface area contributed by atoms with Crippen molar-refractivity contribution in [3.63, 3.8) is 0 Å². The molecule has 0 amide bonds. The maximum absolute atomic E-state index is 10.6. The van der Waals surface area contributed by atoms with E-state index in [0.29, 0.717) is 5.02 Å². The first-order valence-corrected chi connectivity index (χ1v) is 6.57. The Morgan fingerprint density at radius 1 is 1.21 bits per heavy atom. The maximum atomic E-state index is 10.6. The van der Waals surface area contributed by atoms with E-state index in [4.69, 9.17) is 11.6 Å². The summed E-state index contributed by atoms with van der Waals surface area (Å²) in [5.74, 6) is 0. The number of aromatic nitrogens is 3. The van der Waals surface area contributed by atoms with Crippen LogP contribution in [0.25, 0.3) is 0 Å². The van der Waals surface area contributed by atoms with Crippen LogP contribution in [0.4, 0.5) is 0 Å². The molecule has 0 aliphatic carbocycles. The van der Waals surface area contributed by atoms with Crippen LogP contribution in [0.5, 0.6) is 0 Å². The lowest BCUT2D eigenvalue weighted by Gasteiger charge is -2.33. The van der Waals surface area contributed by atoms with Gasteiger partial charge in [-0.25, -0.2) is 4.68 Å². The maximum Gasteiger partial charge on any atom is 0.105 e. The minimum absolute atomic E-state index is 0.268. The highest BCUT2D eigenvalue weighted by atomic mass is 35.5. The summed E-state index contributed by atoms with van der Waals surface area (Å²) in [6.45, 7) is 5.99. The van der Waals surface area contributed by atoms with Gasteiger partial charge in [-0.3, -0.25) is 0 Å². The van der Waals surface area contributed by atoms with Crippen LogP contribution in [-0.2, 0) is 0 Å². The van der Waals surface area contributed by atoms with Gasteiger partial charge in [0.15, 0.2) is 0 Å². The van der Waals surface area contributed by atoms with Crippen molar-refractivity contribution in [2.45, 2.75) is 32.9 Å². The first-order chi connectivity index (χ1) is 8.89. The summed E-state index contributed by atoms with van der Waals surface area (Å²) in [6, 6.07) is 7.17. The minimum atomic E-state index is -0.588. The number of hydrogen-bond acceptors (Lipinski definition) is 3. The highest BCUT2D eigenvalue weighted by Gasteiger charge is 2.33. The van der Waals surface area contributed by atoms with E-state index in [0.717, 1.165) is 5.56 Å². The topological polar surface area (TPSA) is 50.9 Å². The second-order valence-corrected chi connectivity index (χ2v) is 6.13. The van der Waals surface area contributed by atoms with E-state index in [-0.39, 0.29) is 11.5 Å². The van der Waals surface area contributed by atoms with Crippen LogP contribution in [0.15, 0.2) is 36.7 Å². The molecule has 0 fully saturated rings.